The molecule has 168 valence electrons. The highest BCUT2D eigenvalue weighted by molar-refractivity contribution is 5.86. The van der Waals surface area contributed by atoms with Gasteiger partial charge >= 0.3 is 6.09 Å². The highest BCUT2D eigenvalue weighted by Crippen LogP contribution is 2.21. The van der Waals surface area contributed by atoms with E-state index in [9.17, 15) is 14.7 Å². The molecule has 0 saturated carbocycles. The van der Waals surface area contributed by atoms with E-state index in [0.29, 0.717) is 24.3 Å². The minimum atomic E-state index is -1.00. The molecule has 33 heavy (non-hydrogen) atoms. The topological polar surface area (TPSA) is 104 Å². The Kier molecular flexibility index (Phi) is 6.35. The van der Waals surface area contributed by atoms with E-state index >= 15 is 0 Å². The van der Waals surface area contributed by atoms with Crippen LogP contribution in [0.1, 0.15) is 25.1 Å². The summed E-state index contributed by atoms with van der Waals surface area (Å²) in [7, 11) is 0. The maximum absolute atomic E-state index is 12.5. The highest BCUT2D eigenvalue weighted by atomic mass is 16.4. The van der Waals surface area contributed by atoms with Gasteiger partial charge in [-0.15, -0.1) is 0 Å². The number of H-pyrrole nitrogens is 1. The summed E-state index contributed by atoms with van der Waals surface area (Å²) in [4.78, 5) is 25.5. The molecule has 0 aliphatic heterocycles. The first kappa shape index (κ1) is 22.0. The molecule has 4 aromatic rings. The van der Waals surface area contributed by atoms with Crippen molar-refractivity contribution >= 4 is 11.8 Å². The number of hydrogen-bond donors (Lipinski definition) is 2. The van der Waals surface area contributed by atoms with Crippen LogP contribution < -0.4 is 10.3 Å². The Bertz CT molecular complexity index is 1290. The molecule has 0 saturated heterocycles. The molecule has 0 aliphatic rings. The molecule has 0 unspecified atom stereocenters. The largest absolute Gasteiger partial charge is 0.465 e. The second-order valence-corrected chi connectivity index (χ2v) is 8.24. The Morgan fingerprint density at radius 1 is 1.12 bits per heavy atom. The number of carbonyl (C=O) groups is 1. The lowest BCUT2D eigenvalue weighted by atomic mass is 10.1. The molecule has 2 heterocycles. The van der Waals surface area contributed by atoms with Crippen LogP contribution in [0.4, 0.5) is 10.5 Å². The third kappa shape index (κ3) is 5.17. The van der Waals surface area contributed by atoms with Crippen LogP contribution in [-0.2, 0) is 6.42 Å². The summed E-state index contributed by atoms with van der Waals surface area (Å²) in [6.07, 6.45) is 4.52. The molecule has 0 atom stereocenters. The van der Waals surface area contributed by atoms with Crippen molar-refractivity contribution < 1.29 is 9.90 Å². The van der Waals surface area contributed by atoms with E-state index in [1.54, 1.807) is 35.3 Å². The first-order valence-electron chi connectivity index (χ1n) is 10.7. The maximum Gasteiger partial charge on any atom is 0.411 e. The molecule has 2 aromatic heterocycles. The van der Waals surface area contributed by atoms with Crippen molar-refractivity contribution in [3.05, 3.63) is 94.7 Å². The van der Waals surface area contributed by atoms with Crippen LogP contribution in [0.2, 0.25) is 0 Å². The SMILES string of the molecule is CC(C)CN(C(=O)O)c1cccc(Cc2nn(-c3ccc(-c4cn[nH]c4)cc3)ccc2=O)c1. The summed E-state index contributed by atoms with van der Waals surface area (Å²) < 4.78 is 1.67. The minimum absolute atomic E-state index is 0.163. The molecule has 1 amide bonds. The van der Waals surface area contributed by atoms with Gasteiger partial charge in [0.2, 0.25) is 5.43 Å². The van der Waals surface area contributed by atoms with Crippen LogP contribution >= 0.6 is 0 Å². The van der Waals surface area contributed by atoms with Crippen molar-refractivity contribution in [3.8, 4) is 16.8 Å². The van der Waals surface area contributed by atoms with Crippen molar-refractivity contribution in [1.82, 2.24) is 20.0 Å². The van der Waals surface area contributed by atoms with E-state index in [1.807, 2.05) is 50.4 Å². The molecule has 2 aromatic carbocycles. The van der Waals surface area contributed by atoms with Gasteiger partial charge in [-0.2, -0.15) is 10.2 Å². The highest BCUT2D eigenvalue weighted by Gasteiger charge is 2.16. The van der Waals surface area contributed by atoms with Crippen molar-refractivity contribution in [2.45, 2.75) is 20.3 Å². The molecule has 8 heteroatoms. The predicted molar refractivity (Wildman–Crippen MR) is 127 cm³/mol. The van der Waals surface area contributed by atoms with Gasteiger partial charge in [-0.05, 0) is 41.3 Å². The van der Waals surface area contributed by atoms with Crippen LogP contribution in [0, 0.1) is 5.92 Å². The van der Waals surface area contributed by atoms with Crippen LogP contribution in [0.25, 0.3) is 16.8 Å². The van der Waals surface area contributed by atoms with E-state index in [1.165, 1.54) is 11.0 Å². The predicted octanol–water partition coefficient (Wildman–Crippen LogP) is 4.35. The Labute approximate surface area is 191 Å². The first-order valence-corrected chi connectivity index (χ1v) is 10.7. The van der Waals surface area contributed by atoms with E-state index in [0.717, 1.165) is 22.4 Å². The van der Waals surface area contributed by atoms with E-state index in [-0.39, 0.29) is 11.3 Å². The zero-order valence-corrected chi connectivity index (χ0v) is 18.5. The number of nitrogens with one attached hydrogen (secondary N) is 1. The van der Waals surface area contributed by atoms with Crippen LogP contribution in [0.5, 0.6) is 0 Å². The Morgan fingerprint density at radius 2 is 1.91 bits per heavy atom. The fourth-order valence-corrected chi connectivity index (χ4v) is 3.62. The fraction of sp³-hybridized carbons (Fsp3) is 0.200. The van der Waals surface area contributed by atoms with E-state index < -0.39 is 6.09 Å². The number of rotatable bonds is 7. The lowest BCUT2D eigenvalue weighted by molar-refractivity contribution is 0.201. The molecular formula is C25H25N5O3. The Hall–Kier alpha value is -4.20. The third-order valence-electron chi connectivity index (χ3n) is 5.22. The van der Waals surface area contributed by atoms with Crippen molar-refractivity contribution in [3.63, 3.8) is 0 Å². The van der Waals surface area contributed by atoms with Crippen molar-refractivity contribution in [1.29, 1.82) is 0 Å². The van der Waals surface area contributed by atoms with Crippen LogP contribution in [0.15, 0.2) is 78.0 Å². The van der Waals surface area contributed by atoms with Gasteiger partial charge in [0.05, 0.1) is 11.9 Å². The third-order valence-corrected chi connectivity index (χ3v) is 5.22. The number of hydrogen-bond acceptors (Lipinski definition) is 4. The molecule has 0 bridgehead atoms. The van der Waals surface area contributed by atoms with Gasteiger partial charge in [0.25, 0.3) is 0 Å². The lowest BCUT2D eigenvalue weighted by Gasteiger charge is -2.22. The average molecular weight is 444 g/mol. The molecular weight excluding hydrogens is 418 g/mol. The monoisotopic (exact) mass is 443 g/mol. The number of aromatic amines is 1. The molecule has 8 nitrogen and oxygen atoms in total. The zero-order valence-electron chi connectivity index (χ0n) is 18.5. The fourth-order valence-electron chi connectivity index (χ4n) is 3.62. The van der Waals surface area contributed by atoms with Crippen molar-refractivity contribution in [2.75, 3.05) is 11.4 Å². The summed E-state index contributed by atoms with van der Waals surface area (Å²) in [6.45, 7) is 4.33. The zero-order chi connectivity index (χ0) is 23.4. The van der Waals surface area contributed by atoms with E-state index in [2.05, 4.69) is 15.3 Å². The first-order chi connectivity index (χ1) is 15.9. The smallest absolute Gasteiger partial charge is 0.411 e. The quantitative estimate of drug-likeness (QED) is 0.442. The van der Waals surface area contributed by atoms with Gasteiger partial charge in [0.15, 0.2) is 0 Å². The summed E-state index contributed by atoms with van der Waals surface area (Å²) in [5.41, 5.74) is 4.47. The molecule has 0 aliphatic carbocycles. The summed E-state index contributed by atoms with van der Waals surface area (Å²) in [5.74, 6) is 0.188. The van der Waals surface area contributed by atoms with Gasteiger partial charge in [-0.3, -0.25) is 14.8 Å². The summed E-state index contributed by atoms with van der Waals surface area (Å²) in [6, 6.07) is 16.5. The van der Waals surface area contributed by atoms with Gasteiger partial charge in [-0.1, -0.05) is 38.1 Å². The number of amides is 1. The Balaban J connectivity index is 1.59. The summed E-state index contributed by atoms with van der Waals surface area (Å²) >= 11 is 0. The summed E-state index contributed by atoms with van der Waals surface area (Å²) in [5, 5.41) is 20.9. The number of nitrogens with zero attached hydrogens (tertiary/aromatic N) is 4. The van der Waals surface area contributed by atoms with Gasteiger partial charge in [0, 0.05) is 42.7 Å². The standard InChI is InChI=1S/C25H25N5O3/c1-17(2)16-29(25(32)33)22-5-3-4-18(12-22)13-23-24(31)10-11-30(28-23)21-8-6-19(7-9-21)20-14-26-27-15-20/h3-12,14-15,17H,13,16H2,1-2H3,(H,26,27)(H,32,33). The average Bonchev–Trinajstić information content (AvgIpc) is 3.34. The molecule has 2 N–H and O–H groups in total. The number of aromatic nitrogens is 4. The molecule has 4 rings (SSSR count). The molecule has 0 fully saturated rings. The molecule has 0 spiro atoms. The minimum Gasteiger partial charge on any atom is -0.465 e. The van der Waals surface area contributed by atoms with Gasteiger partial charge in [0.1, 0.15) is 5.69 Å². The lowest BCUT2D eigenvalue weighted by Crippen LogP contribution is -2.32. The second kappa shape index (κ2) is 9.52. The number of anilines is 1. The number of benzene rings is 2. The van der Waals surface area contributed by atoms with Crippen molar-refractivity contribution in [2.24, 2.45) is 5.92 Å². The van der Waals surface area contributed by atoms with Crippen LogP contribution in [0.3, 0.4) is 0 Å². The number of carboxylic acid groups (broad SMARTS) is 1. The van der Waals surface area contributed by atoms with Gasteiger partial charge in [-0.25, -0.2) is 9.48 Å². The normalized spacial score (nSPS) is 11.0. The Morgan fingerprint density at radius 3 is 2.58 bits per heavy atom. The van der Waals surface area contributed by atoms with Gasteiger partial charge < -0.3 is 5.11 Å². The van der Waals surface area contributed by atoms with Crippen LogP contribution in [-0.4, -0.2) is 37.7 Å². The maximum atomic E-state index is 12.5. The van der Waals surface area contributed by atoms with E-state index in [4.69, 9.17) is 0 Å². The second-order valence-electron chi connectivity index (χ2n) is 8.24. The molecule has 0 radical (unpaired) electrons.